The lowest BCUT2D eigenvalue weighted by Gasteiger charge is -2.11. The van der Waals surface area contributed by atoms with Gasteiger partial charge in [0.25, 0.3) is 5.91 Å². The van der Waals surface area contributed by atoms with Gasteiger partial charge in [0.05, 0.1) is 16.2 Å². The van der Waals surface area contributed by atoms with E-state index >= 15 is 0 Å². The van der Waals surface area contributed by atoms with Crippen LogP contribution in [-0.2, 0) is 9.84 Å². The van der Waals surface area contributed by atoms with Crippen LogP contribution in [0.3, 0.4) is 0 Å². The Morgan fingerprint density at radius 2 is 1.68 bits per heavy atom. The Hall–Kier alpha value is -2.00. The zero-order valence-corrected chi connectivity index (χ0v) is 14.6. The molecule has 0 spiro atoms. The molecule has 2 aromatic carbocycles. The summed E-state index contributed by atoms with van der Waals surface area (Å²) < 4.78 is 61.2. The number of sulfone groups is 1. The van der Waals surface area contributed by atoms with Gasteiger partial charge in [-0.3, -0.25) is 4.79 Å². The van der Waals surface area contributed by atoms with E-state index in [0.717, 1.165) is 0 Å². The van der Waals surface area contributed by atoms with Crippen molar-refractivity contribution < 1.29 is 26.4 Å². The van der Waals surface area contributed by atoms with E-state index in [4.69, 9.17) is 0 Å². The lowest BCUT2D eigenvalue weighted by molar-refractivity contribution is -0.0328. The number of carbonyl (C=O) groups is 1. The Morgan fingerprint density at radius 1 is 1.08 bits per heavy atom. The molecular formula is C16H14F3NO3S2. The van der Waals surface area contributed by atoms with Gasteiger partial charge in [0.15, 0.2) is 9.84 Å². The predicted octanol–water partition coefficient (Wildman–Crippen LogP) is 4.34. The summed E-state index contributed by atoms with van der Waals surface area (Å²) in [4.78, 5) is 12.2. The van der Waals surface area contributed by atoms with Crippen molar-refractivity contribution in [2.24, 2.45) is 0 Å². The van der Waals surface area contributed by atoms with Gasteiger partial charge in [-0.05, 0) is 48.2 Å². The van der Waals surface area contributed by atoms with E-state index in [1.807, 2.05) is 0 Å². The number of alkyl halides is 3. The first-order chi connectivity index (χ1) is 11.6. The summed E-state index contributed by atoms with van der Waals surface area (Å²) >= 11 is -0.365. The van der Waals surface area contributed by atoms with Crippen LogP contribution in [0.1, 0.15) is 17.3 Å². The third kappa shape index (κ3) is 5.23. The van der Waals surface area contributed by atoms with Crippen LogP contribution in [0.4, 0.5) is 18.9 Å². The fourth-order valence-electron chi connectivity index (χ4n) is 1.98. The normalized spacial score (nSPS) is 12.0. The SMILES string of the molecule is CCS(=O)(=O)c1ccc(NC(=O)c2ccccc2SC(F)(F)F)cc1. The van der Waals surface area contributed by atoms with E-state index in [9.17, 15) is 26.4 Å². The maximum atomic E-state index is 12.6. The summed E-state index contributed by atoms with van der Waals surface area (Å²) in [7, 11) is -3.36. The largest absolute Gasteiger partial charge is 0.446 e. The van der Waals surface area contributed by atoms with E-state index < -0.39 is 21.3 Å². The molecule has 0 saturated carbocycles. The molecule has 2 aromatic rings. The van der Waals surface area contributed by atoms with E-state index in [-0.39, 0.29) is 38.6 Å². The van der Waals surface area contributed by atoms with E-state index in [1.54, 1.807) is 0 Å². The van der Waals surface area contributed by atoms with Crippen LogP contribution in [-0.4, -0.2) is 25.6 Å². The minimum Gasteiger partial charge on any atom is -0.322 e. The molecule has 2 rings (SSSR count). The Labute approximate surface area is 147 Å². The Kier molecular flexibility index (Phi) is 5.79. The van der Waals surface area contributed by atoms with Crippen molar-refractivity contribution in [2.45, 2.75) is 22.2 Å². The molecule has 134 valence electrons. The molecule has 9 heteroatoms. The Morgan fingerprint density at radius 3 is 2.24 bits per heavy atom. The van der Waals surface area contributed by atoms with Gasteiger partial charge in [-0.1, -0.05) is 19.1 Å². The van der Waals surface area contributed by atoms with Gasteiger partial charge in [-0.25, -0.2) is 8.42 Å². The van der Waals surface area contributed by atoms with Crippen molar-refractivity contribution in [2.75, 3.05) is 11.1 Å². The maximum absolute atomic E-state index is 12.6. The number of carbonyl (C=O) groups excluding carboxylic acids is 1. The van der Waals surface area contributed by atoms with Crippen molar-refractivity contribution in [3.05, 3.63) is 54.1 Å². The van der Waals surface area contributed by atoms with Gasteiger partial charge in [-0.2, -0.15) is 13.2 Å². The van der Waals surface area contributed by atoms with Crippen molar-refractivity contribution in [1.82, 2.24) is 0 Å². The molecule has 0 heterocycles. The fraction of sp³-hybridized carbons (Fsp3) is 0.188. The molecule has 1 amide bonds. The molecule has 1 N–H and O–H groups in total. The summed E-state index contributed by atoms with van der Waals surface area (Å²) in [6.07, 6.45) is 0. The zero-order valence-electron chi connectivity index (χ0n) is 13.0. The monoisotopic (exact) mass is 389 g/mol. The number of hydrogen-bond donors (Lipinski definition) is 1. The number of amides is 1. The topological polar surface area (TPSA) is 63.2 Å². The Bertz CT molecular complexity index is 863. The molecule has 0 bridgehead atoms. The summed E-state index contributed by atoms with van der Waals surface area (Å²) in [5.41, 5.74) is -4.34. The summed E-state index contributed by atoms with van der Waals surface area (Å²) in [6, 6.07) is 10.8. The highest BCUT2D eigenvalue weighted by atomic mass is 32.2. The van der Waals surface area contributed by atoms with Crippen LogP contribution in [0.5, 0.6) is 0 Å². The highest BCUT2D eigenvalue weighted by Crippen LogP contribution is 2.38. The van der Waals surface area contributed by atoms with E-state index in [0.29, 0.717) is 0 Å². The molecule has 0 aliphatic carbocycles. The van der Waals surface area contributed by atoms with Gasteiger partial charge in [0, 0.05) is 10.6 Å². The zero-order chi connectivity index (χ0) is 18.7. The van der Waals surface area contributed by atoms with Crippen LogP contribution in [0.25, 0.3) is 0 Å². The van der Waals surface area contributed by atoms with E-state index in [1.165, 1.54) is 55.5 Å². The highest BCUT2D eigenvalue weighted by Gasteiger charge is 2.31. The van der Waals surface area contributed by atoms with Crippen molar-refractivity contribution in [3.63, 3.8) is 0 Å². The van der Waals surface area contributed by atoms with Gasteiger partial charge < -0.3 is 5.32 Å². The average Bonchev–Trinajstić information content (AvgIpc) is 2.54. The third-order valence-electron chi connectivity index (χ3n) is 3.21. The van der Waals surface area contributed by atoms with Gasteiger partial charge in [0.1, 0.15) is 0 Å². The van der Waals surface area contributed by atoms with Gasteiger partial charge >= 0.3 is 5.51 Å². The smallest absolute Gasteiger partial charge is 0.322 e. The standard InChI is InChI=1S/C16H14F3NO3S2/c1-2-25(22,23)12-9-7-11(8-10-12)20-15(21)13-5-3-4-6-14(13)24-16(17,18)19/h3-10H,2H2,1H3,(H,20,21). The number of nitrogens with one attached hydrogen (secondary N) is 1. The summed E-state index contributed by atoms with van der Waals surface area (Å²) in [6.45, 7) is 1.51. The second kappa shape index (κ2) is 7.49. The molecule has 0 atom stereocenters. The van der Waals surface area contributed by atoms with Crippen LogP contribution in [0.15, 0.2) is 58.3 Å². The molecule has 0 aliphatic rings. The summed E-state index contributed by atoms with van der Waals surface area (Å²) in [5, 5.41) is 2.47. The molecule has 4 nitrogen and oxygen atoms in total. The molecule has 0 fully saturated rings. The van der Waals surface area contributed by atoms with E-state index in [2.05, 4.69) is 5.32 Å². The molecule has 0 saturated heterocycles. The Balaban J connectivity index is 2.21. The fourth-order valence-corrected chi connectivity index (χ4v) is 3.53. The minimum absolute atomic E-state index is 0.0548. The molecule has 0 unspecified atom stereocenters. The van der Waals surface area contributed by atoms with Gasteiger partial charge in [-0.15, -0.1) is 0 Å². The lowest BCUT2D eigenvalue weighted by Crippen LogP contribution is -2.14. The number of halogens is 3. The first-order valence-electron chi connectivity index (χ1n) is 7.11. The second-order valence-electron chi connectivity index (χ2n) is 4.93. The van der Waals surface area contributed by atoms with Crippen molar-refractivity contribution >= 4 is 33.2 Å². The number of rotatable bonds is 5. The van der Waals surface area contributed by atoms with Crippen LogP contribution in [0, 0.1) is 0 Å². The number of benzene rings is 2. The number of anilines is 1. The van der Waals surface area contributed by atoms with Gasteiger partial charge in [0.2, 0.25) is 0 Å². The van der Waals surface area contributed by atoms with Crippen LogP contribution < -0.4 is 5.32 Å². The first kappa shape index (κ1) is 19.3. The van der Waals surface area contributed by atoms with Crippen LogP contribution >= 0.6 is 11.8 Å². The number of hydrogen-bond acceptors (Lipinski definition) is 4. The minimum atomic E-state index is -4.51. The molecular weight excluding hydrogens is 375 g/mol. The molecule has 0 aliphatic heterocycles. The molecule has 25 heavy (non-hydrogen) atoms. The van der Waals surface area contributed by atoms with Crippen molar-refractivity contribution in [3.8, 4) is 0 Å². The lowest BCUT2D eigenvalue weighted by atomic mass is 10.2. The van der Waals surface area contributed by atoms with Crippen molar-refractivity contribution in [1.29, 1.82) is 0 Å². The predicted molar refractivity (Wildman–Crippen MR) is 90.5 cm³/mol. The number of thioether (sulfide) groups is 1. The molecule has 0 aromatic heterocycles. The third-order valence-corrected chi connectivity index (χ3v) is 5.77. The summed E-state index contributed by atoms with van der Waals surface area (Å²) in [5.74, 6) is -0.765. The average molecular weight is 389 g/mol. The second-order valence-corrected chi connectivity index (χ2v) is 8.31. The quantitative estimate of drug-likeness (QED) is 0.773. The van der Waals surface area contributed by atoms with Crippen LogP contribution in [0.2, 0.25) is 0 Å². The first-order valence-corrected chi connectivity index (χ1v) is 9.58. The highest BCUT2D eigenvalue weighted by molar-refractivity contribution is 8.00. The maximum Gasteiger partial charge on any atom is 0.446 e. The molecule has 0 radical (unpaired) electrons.